The quantitative estimate of drug-likeness (QED) is 0.115. The first-order valence-corrected chi connectivity index (χ1v) is 20.2. The minimum atomic E-state index is -4.60. The van der Waals surface area contributed by atoms with Crippen LogP contribution in [0.25, 0.3) is 11.3 Å². The van der Waals surface area contributed by atoms with Crippen molar-refractivity contribution in [1.29, 1.82) is 0 Å². The van der Waals surface area contributed by atoms with Crippen molar-refractivity contribution in [2.45, 2.75) is 109 Å². The fraction of sp³-hybridized carbons (Fsp3) is 0.435. The van der Waals surface area contributed by atoms with Crippen molar-refractivity contribution in [2.75, 3.05) is 13.1 Å². The number of alkyl halides is 3. The molecule has 2 amide bonds. The summed E-state index contributed by atoms with van der Waals surface area (Å²) in [6.45, 7) is 8.57. The van der Waals surface area contributed by atoms with Gasteiger partial charge in [-0.1, -0.05) is 79.6 Å². The molecule has 0 saturated heterocycles. The number of hydrogen-bond acceptors (Lipinski definition) is 5. The third-order valence-electron chi connectivity index (χ3n) is 12.2. The number of ketones is 1. The molecule has 3 aliphatic rings. The molecule has 3 aromatic carbocycles. The van der Waals surface area contributed by atoms with E-state index in [1.165, 1.54) is 12.1 Å². The number of amides is 2. The van der Waals surface area contributed by atoms with Gasteiger partial charge in [-0.25, -0.2) is 4.79 Å². The zero-order valence-electron chi connectivity index (χ0n) is 33.0. The Hall–Kier alpha value is -4.38. The van der Waals surface area contributed by atoms with Gasteiger partial charge in [0.2, 0.25) is 5.78 Å². The number of nitrogens with one attached hydrogen (secondary N) is 1. The van der Waals surface area contributed by atoms with Crippen molar-refractivity contribution in [2.24, 2.45) is 5.41 Å². The second kappa shape index (κ2) is 17.2. The molecule has 0 spiro atoms. The Morgan fingerprint density at radius 3 is 2.51 bits per heavy atom. The highest BCUT2D eigenvalue weighted by Crippen LogP contribution is 2.59. The molecular weight excluding hydrogens is 753 g/mol. The van der Waals surface area contributed by atoms with Crippen molar-refractivity contribution in [3.05, 3.63) is 129 Å². The number of carbonyl (C=O) groups is 2. The molecular formula is C46H52ClF3N2O5. The number of urea groups is 1. The second-order valence-corrected chi connectivity index (χ2v) is 16.5. The van der Waals surface area contributed by atoms with Crippen LogP contribution in [-0.2, 0) is 12.6 Å². The van der Waals surface area contributed by atoms with Crippen molar-refractivity contribution in [3.63, 3.8) is 0 Å². The van der Waals surface area contributed by atoms with Gasteiger partial charge in [0, 0.05) is 23.1 Å². The summed E-state index contributed by atoms with van der Waals surface area (Å²) in [7, 11) is 0. The first kappa shape index (κ1) is 42.2. The van der Waals surface area contributed by atoms with Crippen LogP contribution in [0, 0.1) is 5.41 Å². The van der Waals surface area contributed by atoms with Crippen LogP contribution in [0.3, 0.4) is 0 Å². The zero-order chi connectivity index (χ0) is 41.1. The van der Waals surface area contributed by atoms with E-state index >= 15 is 0 Å². The molecule has 1 saturated carbocycles. The number of carbonyl (C=O) groups excluding carboxylic acids is 2. The lowest BCUT2D eigenvalue weighted by molar-refractivity contribution is -0.137. The minimum Gasteiger partial charge on any atom is -0.453 e. The van der Waals surface area contributed by atoms with Gasteiger partial charge in [0.15, 0.2) is 5.76 Å². The highest BCUT2D eigenvalue weighted by Gasteiger charge is 2.57. The number of halogens is 4. The molecule has 0 unspecified atom stereocenters. The van der Waals surface area contributed by atoms with Gasteiger partial charge in [-0.3, -0.25) is 4.79 Å². The van der Waals surface area contributed by atoms with E-state index in [4.69, 9.17) is 16.0 Å². The van der Waals surface area contributed by atoms with Crippen LogP contribution in [0.4, 0.5) is 18.0 Å². The average Bonchev–Trinajstić information content (AvgIpc) is 3.76. The van der Waals surface area contributed by atoms with Gasteiger partial charge < -0.3 is 24.8 Å². The summed E-state index contributed by atoms with van der Waals surface area (Å²) in [5.74, 6) is -0.856. The van der Waals surface area contributed by atoms with Crippen molar-refractivity contribution >= 4 is 23.4 Å². The van der Waals surface area contributed by atoms with Gasteiger partial charge in [-0.2, -0.15) is 13.2 Å². The van der Waals surface area contributed by atoms with E-state index in [0.717, 1.165) is 34.9 Å². The molecule has 1 fully saturated rings. The maximum absolute atomic E-state index is 14.6. The number of nitrogens with zero attached hydrogens (tertiary/aromatic N) is 1. The van der Waals surface area contributed by atoms with Crippen molar-refractivity contribution in [3.8, 4) is 11.3 Å². The predicted molar refractivity (Wildman–Crippen MR) is 216 cm³/mol. The Labute approximate surface area is 337 Å². The second-order valence-electron chi connectivity index (χ2n) is 16.1. The van der Waals surface area contributed by atoms with Crippen LogP contribution in [-0.4, -0.2) is 51.7 Å². The van der Waals surface area contributed by atoms with Crippen LogP contribution in [0.15, 0.2) is 94.9 Å². The van der Waals surface area contributed by atoms with Crippen LogP contribution < -0.4 is 5.32 Å². The molecule has 3 aliphatic carbocycles. The third-order valence-corrected chi connectivity index (χ3v) is 12.5. The Kier molecular flexibility index (Phi) is 12.8. The summed E-state index contributed by atoms with van der Waals surface area (Å²) in [5.41, 5.74) is 0.876. The molecule has 3 N–H and O–H groups in total. The van der Waals surface area contributed by atoms with Gasteiger partial charge >= 0.3 is 12.2 Å². The van der Waals surface area contributed by atoms with Crippen LogP contribution in [0.1, 0.15) is 123 Å². The SMILES string of the molecule is CCCN(C[C@]1(O)CC[C@H]2c3ccc(cc3C(=O)c3ccc(-c4cc(C(F)(F)F)ccc4Cl)o3)C[C@@H](O)CCC(C)=CCC[C@@]21C)C(=O)N[C@H](C)c1ccccc1. The summed E-state index contributed by atoms with van der Waals surface area (Å²) in [4.78, 5) is 30.2. The van der Waals surface area contributed by atoms with Gasteiger partial charge in [-0.15, -0.1) is 0 Å². The molecule has 1 heterocycles. The lowest BCUT2D eigenvalue weighted by Crippen LogP contribution is -2.55. The van der Waals surface area contributed by atoms with Crippen molar-refractivity contribution < 1.29 is 37.4 Å². The molecule has 1 aromatic heterocycles. The van der Waals surface area contributed by atoms with Crippen LogP contribution >= 0.6 is 11.6 Å². The monoisotopic (exact) mass is 804 g/mol. The fourth-order valence-electron chi connectivity index (χ4n) is 8.76. The molecule has 0 radical (unpaired) electrons. The molecule has 7 rings (SSSR count). The molecule has 57 heavy (non-hydrogen) atoms. The van der Waals surface area contributed by atoms with E-state index in [1.807, 2.05) is 56.3 Å². The Balaban J connectivity index is 1.38. The third kappa shape index (κ3) is 9.19. The summed E-state index contributed by atoms with van der Waals surface area (Å²) >= 11 is 6.33. The summed E-state index contributed by atoms with van der Waals surface area (Å²) in [6, 6.07) is 20.6. The lowest BCUT2D eigenvalue weighted by Gasteiger charge is -2.46. The highest BCUT2D eigenvalue weighted by atomic mass is 35.5. The number of rotatable bonds is 9. The first-order chi connectivity index (χ1) is 27.0. The molecule has 2 bridgehead atoms. The molecule has 5 atom stereocenters. The maximum Gasteiger partial charge on any atom is 0.416 e. The van der Waals surface area contributed by atoms with E-state index in [0.29, 0.717) is 69.0 Å². The summed E-state index contributed by atoms with van der Waals surface area (Å²) < 4.78 is 46.8. The zero-order valence-corrected chi connectivity index (χ0v) is 33.7. The van der Waals surface area contributed by atoms with Crippen molar-refractivity contribution in [1.82, 2.24) is 10.2 Å². The normalized spacial score (nSPS) is 23.3. The molecule has 304 valence electrons. The number of furan rings is 1. The number of fused-ring (bicyclic) bond motifs is 8. The predicted octanol–water partition coefficient (Wildman–Crippen LogP) is 11.1. The molecule has 11 heteroatoms. The highest BCUT2D eigenvalue weighted by molar-refractivity contribution is 6.33. The first-order valence-electron chi connectivity index (χ1n) is 19.8. The van der Waals surface area contributed by atoms with E-state index in [2.05, 4.69) is 25.2 Å². The smallest absolute Gasteiger partial charge is 0.416 e. The average molecular weight is 805 g/mol. The minimum absolute atomic E-state index is 0.00714. The topological polar surface area (TPSA) is 103 Å². The molecule has 0 aliphatic heterocycles. The Bertz CT molecular complexity index is 2100. The Morgan fingerprint density at radius 2 is 1.79 bits per heavy atom. The molecule has 7 nitrogen and oxygen atoms in total. The maximum atomic E-state index is 14.6. The van der Waals surface area contributed by atoms with E-state index in [-0.39, 0.29) is 46.6 Å². The van der Waals surface area contributed by atoms with Gasteiger partial charge in [0.1, 0.15) is 5.76 Å². The summed E-state index contributed by atoms with van der Waals surface area (Å²) in [5, 5.41) is 27.1. The largest absolute Gasteiger partial charge is 0.453 e. The van der Waals surface area contributed by atoms with Crippen LogP contribution in [0.5, 0.6) is 0 Å². The number of aliphatic hydroxyl groups excluding tert-OH is 1. The number of allylic oxidation sites excluding steroid dienone is 2. The van der Waals surface area contributed by atoms with Gasteiger partial charge in [0.05, 0.1) is 34.9 Å². The van der Waals surface area contributed by atoms with Gasteiger partial charge in [-0.05, 0) is 124 Å². The number of benzene rings is 3. The molecule has 4 aromatic rings. The fourth-order valence-corrected chi connectivity index (χ4v) is 8.97. The summed E-state index contributed by atoms with van der Waals surface area (Å²) in [6.07, 6.45) is 1.24. The standard InChI is InChI=1S/C46H52ClF3N2O5/c1-5-24-52(43(55)51-30(3)32-11-7-6-8-12-32)28-45(56)23-21-38-35-17-14-31(25-34(53)16-13-29(2)10-9-22-44(38,45)4)26-36(35)42(54)41-20-19-40(57-41)37-27-33(46(48,49)50)15-18-39(37)47/h6-8,10-12,14-15,17-20,26-27,30,34,38,53,56H,5,9,13,16,21-25,28H2,1-4H3,(H,51,55)/t30-,34+,38+,44+,45-/m1/s1. The van der Waals surface area contributed by atoms with Gasteiger partial charge in [0.25, 0.3) is 0 Å². The van der Waals surface area contributed by atoms with E-state index in [9.17, 15) is 33.0 Å². The number of aliphatic hydroxyl groups is 2. The Morgan fingerprint density at radius 1 is 1.04 bits per heavy atom. The van der Waals surface area contributed by atoms with E-state index in [1.54, 1.807) is 11.0 Å². The van der Waals surface area contributed by atoms with Crippen LogP contribution in [0.2, 0.25) is 5.02 Å². The van der Waals surface area contributed by atoms with E-state index < -0.39 is 34.6 Å². The lowest BCUT2D eigenvalue weighted by atomic mass is 9.64. The number of hydrogen-bond donors (Lipinski definition) is 3.